The number of likely N-dealkylation sites (N-methyl/N-ethyl adjacent to an activating group) is 1. The number of hydrogen-bond acceptors (Lipinski definition) is 1. The third-order valence-electron chi connectivity index (χ3n) is 2.42. The third-order valence-corrected chi connectivity index (χ3v) is 2.71. The Bertz CT molecular complexity index is 386. The lowest BCUT2D eigenvalue weighted by molar-refractivity contribution is 0.628. The fraction of sp³-hybridized carbons (Fsp3) is 0.385. The molecule has 1 rings (SSSR count). The van der Waals surface area contributed by atoms with Gasteiger partial charge in [-0.3, -0.25) is 0 Å². The molecular weight excluding hydrogens is 225 g/mol. The first-order chi connectivity index (χ1) is 7.54. The molecule has 0 atom stereocenters. The van der Waals surface area contributed by atoms with Gasteiger partial charge in [0.1, 0.15) is 5.82 Å². The molecule has 3 heteroatoms. The van der Waals surface area contributed by atoms with E-state index < -0.39 is 0 Å². The van der Waals surface area contributed by atoms with Gasteiger partial charge in [0.25, 0.3) is 0 Å². The lowest BCUT2D eigenvalue weighted by Gasteiger charge is -2.11. The molecule has 0 saturated carbocycles. The highest BCUT2D eigenvalue weighted by molar-refractivity contribution is 6.30. The second kappa shape index (κ2) is 6.02. The van der Waals surface area contributed by atoms with Crippen molar-refractivity contribution in [1.82, 2.24) is 5.32 Å². The molecule has 0 fully saturated rings. The molecule has 0 aliphatic rings. The minimum absolute atomic E-state index is 0.168. The van der Waals surface area contributed by atoms with E-state index in [-0.39, 0.29) is 10.8 Å². The Morgan fingerprint density at radius 3 is 2.69 bits per heavy atom. The summed E-state index contributed by atoms with van der Waals surface area (Å²) in [6.07, 6.45) is 2.05. The Morgan fingerprint density at radius 2 is 2.19 bits per heavy atom. The lowest BCUT2D eigenvalue weighted by atomic mass is 10.0. The standard InChI is InChI=1S/C13H17ClFN/c1-9(2)11(8-16-3)6-10-4-5-13(15)12(14)7-10/h4-7,9,16H,8H2,1-3H3/b11-6-. The summed E-state index contributed by atoms with van der Waals surface area (Å²) in [4.78, 5) is 0. The Balaban J connectivity index is 2.98. The molecule has 0 heterocycles. The molecular formula is C13H17ClFN. The molecule has 1 N–H and O–H groups in total. The summed E-state index contributed by atoms with van der Waals surface area (Å²) in [6, 6.07) is 4.78. The molecule has 0 aliphatic carbocycles. The topological polar surface area (TPSA) is 12.0 Å². The van der Waals surface area contributed by atoms with Crippen LogP contribution in [0.25, 0.3) is 6.08 Å². The number of nitrogens with one attached hydrogen (secondary N) is 1. The molecule has 88 valence electrons. The minimum atomic E-state index is -0.376. The van der Waals surface area contributed by atoms with Crippen LogP contribution in [0, 0.1) is 11.7 Å². The highest BCUT2D eigenvalue weighted by atomic mass is 35.5. The highest BCUT2D eigenvalue weighted by Gasteiger charge is 2.04. The third kappa shape index (κ3) is 3.62. The maximum absolute atomic E-state index is 13.0. The summed E-state index contributed by atoms with van der Waals surface area (Å²) in [5.74, 6) is 0.0785. The quantitative estimate of drug-likeness (QED) is 0.847. The van der Waals surface area contributed by atoms with Gasteiger partial charge in [-0.05, 0) is 30.7 Å². The normalized spacial score (nSPS) is 12.2. The van der Waals surface area contributed by atoms with Gasteiger partial charge in [0.15, 0.2) is 0 Å². The largest absolute Gasteiger partial charge is 0.316 e. The summed E-state index contributed by atoms with van der Waals surface area (Å²) in [5.41, 5.74) is 2.20. The van der Waals surface area contributed by atoms with Gasteiger partial charge < -0.3 is 5.32 Å². The predicted octanol–water partition coefficient (Wildman–Crippen LogP) is 3.74. The first-order valence-corrected chi connectivity index (χ1v) is 5.72. The zero-order chi connectivity index (χ0) is 12.1. The van der Waals surface area contributed by atoms with Crippen LogP contribution in [-0.2, 0) is 0 Å². The van der Waals surface area contributed by atoms with Crippen LogP contribution in [0.5, 0.6) is 0 Å². The molecule has 0 saturated heterocycles. The van der Waals surface area contributed by atoms with Crippen LogP contribution in [0.3, 0.4) is 0 Å². The number of benzene rings is 1. The maximum atomic E-state index is 13.0. The average Bonchev–Trinajstić information content (AvgIpc) is 2.22. The van der Waals surface area contributed by atoms with Crippen molar-refractivity contribution in [2.45, 2.75) is 13.8 Å². The van der Waals surface area contributed by atoms with E-state index in [9.17, 15) is 4.39 Å². The Labute approximate surface area is 101 Å². The van der Waals surface area contributed by atoms with Crippen molar-refractivity contribution in [1.29, 1.82) is 0 Å². The second-order valence-electron chi connectivity index (χ2n) is 4.08. The maximum Gasteiger partial charge on any atom is 0.141 e. The molecule has 0 radical (unpaired) electrons. The zero-order valence-corrected chi connectivity index (χ0v) is 10.6. The molecule has 0 aromatic heterocycles. The van der Waals surface area contributed by atoms with Crippen LogP contribution >= 0.6 is 11.6 Å². The second-order valence-corrected chi connectivity index (χ2v) is 4.49. The number of halogens is 2. The van der Waals surface area contributed by atoms with Gasteiger partial charge in [0, 0.05) is 6.54 Å². The van der Waals surface area contributed by atoms with Crippen molar-refractivity contribution < 1.29 is 4.39 Å². The van der Waals surface area contributed by atoms with Gasteiger partial charge in [-0.25, -0.2) is 4.39 Å². The summed E-state index contributed by atoms with van der Waals surface area (Å²) < 4.78 is 13.0. The van der Waals surface area contributed by atoms with Crippen LogP contribution in [0.15, 0.2) is 23.8 Å². The molecule has 1 aromatic rings. The van der Waals surface area contributed by atoms with Gasteiger partial charge in [-0.2, -0.15) is 0 Å². The summed E-state index contributed by atoms with van der Waals surface area (Å²) in [7, 11) is 1.91. The van der Waals surface area contributed by atoms with Crippen LogP contribution in [0.4, 0.5) is 4.39 Å². The van der Waals surface area contributed by atoms with Crippen LogP contribution in [0.2, 0.25) is 5.02 Å². The molecule has 0 aliphatic heterocycles. The van der Waals surface area contributed by atoms with E-state index in [2.05, 4.69) is 19.2 Å². The van der Waals surface area contributed by atoms with Crippen molar-refractivity contribution in [2.75, 3.05) is 13.6 Å². The van der Waals surface area contributed by atoms with E-state index in [1.54, 1.807) is 12.1 Å². The van der Waals surface area contributed by atoms with Crippen molar-refractivity contribution in [2.24, 2.45) is 5.92 Å². The average molecular weight is 242 g/mol. The molecule has 0 bridgehead atoms. The smallest absolute Gasteiger partial charge is 0.141 e. The van der Waals surface area contributed by atoms with Gasteiger partial charge in [-0.1, -0.05) is 43.2 Å². The Kier molecular flexibility index (Phi) is 4.97. The van der Waals surface area contributed by atoms with Crippen molar-refractivity contribution in [3.8, 4) is 0 Å². The van der Waals surface area contributed by atoms with E-state index in [1.165, 1.54) is 11.6 Å². The first-order valence-electron chi connectivity index (χ1n) is 5.34. The van der Waals surface area contributed by atoms with Gasteiger partial charge in [0.05, 0.1) is 5.02 Å². The van der Waals surface area contributed by atoms with Crippen molar-refractivity contribution in [3.63, 3.8) is 0 Å². The molecule has 16 heavy (non-hydrogen) atoms. The van der Waals surface area contributed by atoms with E-state index in [4.69, 9.17) is 11.6 Å². The van der Waals surface area contributed by atoms with Crippen molar-refractivity contribution >= 4 is 17.7 Å². The fourth-order valence-corrected chi connectivity index (χ4v) is 1.63. The van der Waals surface area contributed by atoms with E-state index in [0.717, 1.165) is 12.1 Å². The SMILES string of the molecule is CNC/C(=C/c1ccc(F)c(Cl)c1)C(C)C. The summed E-state index contributed by atoms with van der Waals surface area (Å²) in [5, 5.41) is 3.29. The Morgan fingerprint density at radius 1 is 1.50 bits per heavy atom. The van der Waals surface area contributed by atoms with Gasteiger partial charge in [0.2, 0.25) is 0 Å². The summed E-state index contributed by atoms with van der Waals surface area (Å²) >= 11 is 5.73. The van der Waals surface area contributed by atoms with Gasteiger partial charge in [-0.15, -0.1) is 0 Å². The zero-order valence-electron chi connectivity index (χ0n) is 9.85. The highest BCUT2D eigenvalue weighted by Crippen LogP contribution is 2.19. The Hall–Kier alpha value is -0.860. The van der Waals surface area contributed by atoms with Crippen LogP contribution in [-0.4, -0.2) is 13.6 Å². The monoisotopic (exact) mass is 241 g/mol. The van der Waals surface area contributed by atoms with E-state index in [0.29, 0.717) is 5.92 Å². The van der Waals surface area contributed by atoms with Crippen LogP contribution in [0.1, 0.15) is 19.4 Å². The molecule has 0 unspecified atom stereocenters. The molecule has 0 amide bonds. The predicted molar refractivity (Wildman–Crippen MR) is 68.2 cm³/mol. The minimum Gasteiger partial charge on any atom is -0.316 e. The molecule has 1 aromatic carbocycles. The van der Waals surface area contributed by atoms with E-state index >= 15 is 0 Å². The first kappa shape index (κ1) is 13.2. The van der Waals surface area contributed by atoms with Gasteiger partial charge >= 0.3 is 0 Å². The summed E-state index contributed by atoms with van der Waals surface area (Å²) in [6.45, 7) is 5.09. The van der Waals surface area contributed by atoms with Crippen LogP contribution < -0.4 is 5.32 Å². The molecule has 1 nitrogen and oxygen atoms in total. The lowest BCUT2D eigenvalue weighted by Crippen LogP contribution is -2.13. The van der Waals surface area contributed by atoms with Crippen molar-refractivity contribution in [3.05, 3.63) is 40.2 Å². The number of hydrogen-bond donors (Lipinski definition) is 1. The fourth-order valence-electron chi connectivity index (χ4n) is 1.44. The number of rotatable bonds is 4. The van der Waals surface area contributed by atoms with E-state index in [1.807, 2.05) is 13.1 Å². The molecule has 0 spiro atoms.